The number of carbonyl (C=O) groups is 2. The van der Waals surface area contributed by atoms with E-state index in [-0.39, 0.29) is 12.2 Å². The van der Waals surface area contributed by atoms with Gasteiger partial charge in [-0.05, 0) is 19.1 Å². The van der Waals surface area contributed by atoms with E-state index in [1.807, 2.05) is 0 Å². The number of rotatable bonds is 4. The number of hydrogen-bond acceptors (Lipinski definition) is 4. The Morgan fingerprint density at radius 2 is 2.27 bits per heavy atom. The number of primary amides is 1. The third kappa shape index (κ3) is 3.76. The van der Waals surface area contributed by atoms with Gasteiger partial charge in [-0.15, -0.1) is 0 Å². The Kier molecular flexibility index (Phi) is 3.79. The lowest BCUT2D eigenvalue weighted by atomic mass is 10.1. The molecule has 0 saturated heterocycles. The highest BCUT2D eigenvalue weighted by atomic mass is 16.6. The Morgan fingerprint density at radius 1 is 1.53 bits per heavy atom. The van der Waals surface area contributed by atoms with Crippen LogP contribution in [0.5, 0.6) is 0 Å². The SMILES string of the molecule is CC(OC(N)=O)C(=O)Cc1ccccn1. The molecule has 15 heavy (non-hydrogen) atoms. The van der Waals surface area contributed by atoms with E-state index in [4.69, 9.17) is 5.73 Å². The van der Waals surface area contributed by atoms with Gasteiger partial charge in [-0.1, -0.05) is 6.07 Å². The lowest BCUT2D eigenvalue weighted by molar-refractivity contribution is -0.125. The van der Waals surface area contributed by atoms with Crippen molar-refractivity contribution in [2.75, 3.05) is 0 Å². The molecular formula is C10H12N2O3. The van der Waals surface area contributed by atoms with E-state index < -0.39 is 12.2 Å². The van der Waals surface area contributed by atoms with Crippen LogP contribution in [0.4, 0.5) is 4.79 Å². The van der Waals surface area contributed by atoms with Crippen molar-refractivity contribution < 1.29 is 14.3 Å². The summed E-state index contributed by atoms with van der Waals surface area (Å²) in [6.07, 6.45) is -0.0429. The van der Waals surface area contributed by atoms with Gasteiger partial charge in [-0.3, -0.25) is 9.78 Å². The highest BCUT2D eigenvalue weighted by molar-refractivity contribution is 5.86. The van der Waals surface area contributed by atoms with Crippen molar-refractivity contribution in [3.8, 4) is 0 Å². The normalized spacial score (nSPS) is 11.8. The number of nitrogens with zero attached hydrogens (tertiary/aromatic N) is 1. The predicted octanol–water partition coefficient (Wildman–Crippen LogP) is 0.677. The molecule has 5 nitrogen and oxygen atoms in total. The molecule has 1 aromatic heterocycles. The average molecular weight is 208 g/mol. The Hall–Kier alpha value is -1.91. The summed E-state index contributed by atoms with van der Waals surface area (Å²) in [5, 5.41) is 0. The van der Waals surface area contributed by atoms with Gasteiger partial charge in [0, 0.05) is 11.9 Å². The number of ketones is 1. The summed E-state index contributed by atoms with van der Waals surface area (Å²) in [6, 6.07) is 5.28. The Labute approximate surface area is 87.3 Å². The lowest BCUT2D eigenvalue weighted by Gasteiger charge is -2.09. The fraction of sp³-hybridized carbons (Fsp3) is 0.300. The van der Waals surface area contributed by atoms with Crippen molar-refractivity contribution in [3.63, 3.8) is 0 Å². The average Bonchev–Trinajstić information content (AvgIpc) is 2.18. The van der Waals surface area contributed by atoms with Gasteiger partial charge in [-0.25, -0.2) is 4.79 Å². The van der Waals surface area contributed by atoms with Crippen LogP contribution in [0.15, 0.2) is 24.4 Å². The zero-order chi connectivity index (χ0) is 11.3. The molecule has 0 radical (unpaired) electrons. The molecule has 1 rings (SSSR count). The van der Waals surface area contributed by atoms with Crippen molar-refractivity contribution in [2.45, 2.75) is 19.4 Å². The standard InChI is InChI=1S/C10H12N2O3/c1-7(15-10(11)14)9(13)6-8-4-2-3-5-12-8/h2-5,7H,6H2,1H3,(H2,11,14). The molecule has 1 amide bonds. The van der Waals surface area contributed by atoms with Gasteiger partial charge in [0.05, 0.1) is 6.42 Å². The number of aromatic nitrogens is 1. The zero-order valence-corrected chi connectivity index (χ0v) is 8.34. The van der Waals surface area contributed by atoms with Crippen LogP contribution < -0.4 is 5.73 Å². The molecule has 1 aromatic rings. The molecule has 0 bridgehead atoms. The minimum Gasteiger partial charge on any atom is -0.439 e. The number of hydrogen-bond donors (Lipinski definition) is 1. The summed E-state index contributed by atoms with van der Waals surface area (Å²) in [4.78, 5) is 25.9. The van der Waals surface area contributed by atoms with Crippen molar-refractivity contribution in [1.82, 2.24) is 4.98 Å². The van der Waals surface area contributed by atoms with E-state index in [1.165, 1.54) is 6.92 Å². The molecule has 1 heterocycles. The van der Waals surface area contributed by atoms with Crippen LogP contribution in [-0.4, -0.2) is 23.0 Å². The highest BCUT2D eigenvalue weighted by Gasteiger charge is 2.16. The van der Waals surface area contributed by atoms with Crippen LogP contribution in [0.2, 0.25) is 0 Å². The quantitative estimate of drug-likeness (QED) is 0.788. The second kappa shape index (κ2) is 5.09. The summed E-state index contributed by atoms with van der Waals surface area (Å²) in [5.41, 5.74) is 5.44. The van der Waals surface area contributed by atoms with Gasteiger partial charge < -0.3 is 10.5 Å². The molecule has 0 spiro atoms. The second-order valence-electron chi connectivity index (χ2n) is 3.04. The topological polar surface area (TPSA) is 82.3 Å². The molecule has 0 aliphatic heterocycles. The number of amides is 1. The van der Waals surface area contributed by atoms with E-state index in [9.17, 15) is 9.59 Å². The smallest absolute Gasteiger partial charge is 0.405 e. The highest BCUT2D eigenvalue weighted by Crippen LogP contribution is 2.01. The summed E-state index contributed by atoms with van der Waals surface area (Å²) >= 11 is 0. The van der Waals surface area contributed by atoms with Gasteiger partial charge in [0.2, 0.25) is 0 Å². The Morgan fingerprint density at radius 3 is 2.80 bits per heavy atom. The van der Waals surface area contributed by atoms with E-state index in [0.29, 0.717) is 5.69 Å². The van der Waals surface area contributed by atoms with Crippen molar-refractivity contribution in [3.05, 3.63) is 30.1 Å². The van der Waals surface area contributed by atoms with Crippen molar-refractivity contribution in [1.29, 1.82) is 0 Å². The lowest BCUT2D eigenvalue weighted by Crippen LogP contribution is -2.28. The van der Waals surface area contributed by atoms with Gasteiger partial charge >= 0.3 is 6.09 Å². The van der Waals surface area contributed by atoms with Crippen LogP contribution in [0.25, 0.3) is 0 Å². The first-order chi connectivity index (χ1) is 7.09. The Balaban J connectivity index is 2.52. The number of ether oxygens (including phenoxy) is 1. The van der Waals surface area contributed by atoms with Crippen LogP contribution in [0.1, 0.15) is 12.6 Å². The van der Waals surface area contributed by atoms with Crippen LogP contribution >= 0.6 is 0 Å². The molecule has 2 N–H and O–H groups in total. The molecule has 1 unspecified atom stereocenters. The van der Waals surface area contributed by atoms with E-state index >= 15 is 0 Å². The van der Waals surface area contributed by atoms with Gasteiger partial charge in [-0.2, -0.15) is 0 Å². The summed E-state index contributed by atoms with van der Waals surface area (Å²) < 4.78 is 4.55. The first-order valence-corrected chi connectivity index (χ1v) is 4.48. The van der Waals surface area contributed by atoms with Crippen LogP contribution in [-0.2, 0) is 16.0 Å². The Bertz CT molecular complexity index is 351. The summed E-state index contributed by atoms with van der Waals surface area (Å²) in [5.74, 6) is -0.229. The maximum atomic E-state index is 11.5. The van der Waals surface area contributed by atoms with Crippen molar-refractivity contribution in [2.24, 2.45) is 5.73 Å². The first kappa shape index (κ1) is 11.2. The van der Waals surface area contributed by atoms with E-state index in [1.54, 1.807) is 24.4 Å². The maximum Gasteiger partial charge on any atom is 0.405 e. The third-order valence-electron chi connectivity index (χ3n) is 1.83. The second-order valence-corrected chi connectivity index (χ2v) is 3.04. The van der Waals surface area contributed by atoms with Crippen LogP contribution in [0, 0.1) is 0 Å². The molecule has 0 aliphatic rings. The monoisotopic (exact) mass is 208 g/mol. The summed E-state index contributed by atoms with van der Waals surface area (Å²) in [7, 11) is 0. The molecular weight excluding hydrogens is 196 g/mol. The molecule has 0 fully saturated rings. The predicted molar refractivity (Wildman–Crippen MR) is 53.1 cm³/mol. The first-order valence-electron chi connectivity index (χ1n) is 4.48. The maximum absolute atomic E-state index is 11.5. The molecule has 80 valence electrons. The van der Waals surface area contributed by atoms with Gasteiger partial charge in [0.1, 0.15) is 0 Å². The number of Topliss-reactive ketones (excluding diaryl/α,β-unsaturated/α-hetero) is 1. The van der Waals surface area contributed by atoms with E-state index in [0.717, 1.165) is 0 Å². The molecule has 0 aliphatic carbocycles. The number of pyridine rings is 1. The zero-order valence-electron chi connectivity index (χ0n) is 8.34. The number of nitrogens with two attached hydrogens (primary N) is 1. The minimum absolute atomic E-state index is 0.134. The fourth-order valence-corrected chi connectivity index (χ4v) is 1.06. The van der Waals surface area contributed by atoms with Crippen LogP contribution in [0.3, 0.4) is 0 Å². The largest absolute Gasteiger partial charge is 0.439 e. The van der Waals surface area contributed by atoms with E-state index in [2.05, 4.69) is 9.72 Å². The van der Waals surface area contributed by atoms with Gasteiger partial charge in [0.15, 0.2) is 11.9 Å². The third-order valence-corrected chi connectivity index (χ3v) is 1.83. The molecule has 5 heteroatoms. The van der Waals surface area contributed by atoms with Gasteiger partial charge in [0.25, 0.3) is 0 Å². The molecule has 0 aromatic carbocycles. The van der Waals surface area contributed by atoms with Crippen molar-refractivity contribution >= 4 is 11.9 Å². The fourth-order valence-electron chi connectivity index (χ4n) is 1.06. The molecule has 0 saturated carbocycles. The summed E-state index contributed by atoms with van der Waals surface area (Å²) in [6.45, 7) is 1.48. The number of carbonyl (C=O) groups excluding carboxylic acids is 2. The minimum atomic E-state index is -0.947. The molecule has 1 atom stereocenters.